The highest BCUT2D eigenvalue weighted by atomic mass is 32.1. The Labute approximate surface area is 112 Å². The largest absolute Gasteiger partial charge is 0.241 e. The highest BCUT2D eigenvalue weighted by Crippen LogP contribution is 2.32. The molecule has 2 aromatic rings. The standard InChI is InChI=1S/C14H17NS2/c1-9(2)13-12(8-16)17-14(15-13)11-6-4-5-10(3)7-11/h4-7,9,16H,8H2,1-3H3. The average molecular weight is 263 g/mol. The van der Waals surface area contributed by atoms with E-state index in [0.29, 0.717) is 5.92 Å². The third kappa shape index (κ3) is 2.72. The fourth-order valence-corrected chi connectivity index (χ4v) is 3.26. The molecule has 1 nitrogen and oxygen atoms in total. The zero-order chi connectivity index (χ0) is 12.4. The van der Waals surface area contributed by atoms with Crippen molar-refractivity contribution < 1.29 is 0 Å². The minimum atomic E-state index is 0.465. The van der Waals surface area contributed by atoms with Gasteiger partial charge in [-0.3, -0.25) is 0 Å². The minimum Gasteiger partial charge on any atom is -0.241 e. The molecule has 0 aliphatic carbocycles. The van der Waals surface area contributed by atoms with Crippen molar-refractivity contribution in [2.45, 2.75) is 32.4 Å². The van der Waals surface area contributed by atoms with Crippen LogP contribution in [0.4, 0.5) is 0 Å². The number of nitrogens with zero attached hydrogens (tertiary/aromatic N) is 1. The van der Waals surface area contributed by atoms with Gasteiger partial charge in [-0.2, -0.15) is 12.6 Å². The summed E-state index contributed by atoms with van der Waals surface area (Å²) < 4.78 is 0. The van der Waals surface area contributed by atoms with Crippen molar-refractivity contribution in [1.29, 1.82) is 0 Å². The van der Waals surface area contributed by atoms with Gasteiger partial charge in [0.15, 0.2) is 0 Å². The molecule has 0 aliphatic rings. The van der Waals surface area contributed by atoms with Crippen LogP contribution in [-0.2, 0) is 5.75 Å². The van der Waals surface area contributed by atoms with Gasteiger partial charge in [0, 0.05) is 16.2 Å². The summed E-state index contributed by atoms with van der Waals surface area (Å²) in [5.41, 5.74) is 3.68. The van der Waals surface area contributed by atoms with Gasteiger partial charge in [0.25, 0.3) is 0 Å². The van der Waals surface area contributed by atoms with Crippen LogP contribution in [0.1, 0.15) is 35.9 Å². The summed E-state index contributed by atoms with van der Waals surface area (Å²) in [6.45, 7) is 6.48. The average Bonchev–Trinajstić information content (AvgIpc) is 2.73. The zero-order valence-electron chi connectivity index (χ0n) is 10.4. The Morgan fingerprint density at radius 2 is 2.12 bits per heavy atom. The lowest BCUT2D eigenvalue weighted by Crippen LogP contribution is -1.91. The second-order valence-corrected chi connectivity index (χ2v) is 5.91. The van der Waals surface area contributed by atoms with Crippen molar-refractivity contribution in [2.75, 3.05) is 0 Å². The number of hydrogen-bond donors (Lipinski definition) is 1. The van der Waals surface area contributed by atoms with Gasteiger partial charge in [0.05, 0.1) is 5.69 Å². The van der Waals surface area contributed by atoms with Gasteiger partial charge in [-0.1, -0.05) is 37.6 Å². The number of rotatable bonds is 3. The second-order valence-electron chi connectivity index (χ2n) is 4.51. The highest BCUT2D eigenvalue weighted by Gasteiger charge is 2.14. The maximum absolute atomic E-state index is 4.76. The predicted molar refractivity (Wildman–Crippen MR) is 79.1 cm³/mol. The third-order valence-electron chi connectivity index (χ3n) is 2.68. The van der Waals surface area contributed by atoms with Crippen LogP contribution in [-0.4, -0.2) is 4.98 Å². The van der Waals surface area contributed by atoms with E-state index in [0.717, 1.165) is 10.8 Å². The van der Waals surface area contributed by atoms with Crippen molar-refractivity contribution >= 4 is 24.0 Å². The summed E-state index contributed by atoms with van der Waals surface area (Å²) >= 11 is 6.15. The van der Waals surface area contributed by atoms with Gasteiger partial charge in [-0.25, -0.2) is 4.98 Å². The summed E-state index contributed by atoms with van der Waals surface area (Å²) in [6.07, 6.45) is 0. The quantitative estimate of drug-likeness (QED) is 0.794. The number of thiol groups is 1. The summed E-state index contributed by atoms with van der Waals surface area (Å²) in [7, 11) is 0. The first-order valence-corrected chi connectivity index (χ1v) is 7.24. The molecule has 0 spiro atoms. The van der Waals surface area contributed by atoms with E-state index in [1.165, 1.54) is 21.7 Å². The molecule has 0 amide bonds. The zero-order valence-corrected chi connectivity index (χ0v) is 12.1. The molecule has 1 aromatic carbocycles. The molecule has 0 radical (unpaired) electrons. The highest BCUT2D eigenvalue weighted by molar-refractivity contribution is 7.79. The second kappa shape index (κ2) is 5.23. The van der Waals surface area contributed by atoms with Crippen LogP contribution in [0.2, 0.25) is 0 Å². The van der Waals surface area contributed by atoms with Crippen LogP contribution < -0.4 is 0 Å². The molecule has 0 N–H and O–H groups in total. The van der Waals surface area contributed by atoms with Gasteiger partial charge in [-0.05, 0) is 18.9 Å². The van der Waals surface area contributed by atoms with Crippen molar-refractivity contribution in [2.24, 2.45) is 0 Å². The van der Waals surface area contributed by atoms with Crippen LogP contribution in [0.25, 0.3) is 10.6 Å². The van der Waals surface area contributed by atoms with E-state index >= 15 is 0 Å². The fraction of sp³-hybridized carbons (Fsp3) is 0.357. The Bertz CT molecular complexity index is 515. The molecule has 0 saturated carbocycles. The van der Waals surface area contributed by atoms with E-state index in [1.54, 1.807) is 11.3 Å². The molecule has 2 rings (SSSR count). The van der Waals surface area contributed by atoms with E-state index in [1.807, 2.05) is 0 Å². The lowest BCUT2D eigenvalue weighted by molar-refractivity contribution is 0.825. The van der Waals surface area contributed by atoms with Gasteiger partial charge < -0.3 is 0 Å². The van der Waals surface area contributed by atoms with Crippen LogP contribution in [0.15, 0.2) is 24.3 Å². The number of aryl methyl sites for hydroxylation is 1. The molecule has 0 unspecified atom stereocenters. The van der Waals surface area contributed by atoms with E-state index in [-0.39, 0.29) is 0 Å². The molecular weight excluding hydrogens is 246 g/mol. The summed E-state index contributed by atoms with van der Waals surface area (Å²) in [5, 5.41) is 1.11. The smallest absolute Gasteiger partial charge is 0.123 e. The van der Waals surface area contributed by atoms with Crippen LogP contribution in [0.3, 0.4) is 0 Å². The van der Waals surface area contributed by atoms with Crippen molar-refractivity contribution in [1.82, 2.24) is 4.98 Å². The van der Waals surface area contributed by atoms with Gasteiger partial charge in [0.1, 0.15) is 5.01 Å². The fourth-order valence-electron chi connectivity index (χ4n) is 1.83. The van der Waals surface area contributed by atoms with E-state index in [4.69, 9.17) is 4.98 Å². The molecule has 90 valence electrons. The molecule has 1 heterocycles. The molecule has 17 heavy (non-hydrogen) atoms. The van der Waals surface area contributed by atoms with Crippen molar-refractivity contribution in [3.05, 3.63) is 40.4 Å². The van der Waals surface area contributed by atoms with E-state index in [2.05, 4.69) is 57.7 Å². The maximum Gasteiger partial charge on any atom is 0.123 e. The first-order valence-electron chi connectivity index (χ1n) is 5.79. The molecule has 0 saturated heterocycles. The summed E-state index contributed by atoms with van der Waals surface area (Å²) in [6, 6.07) is 8.50. The molecule has 1 aromatic heterocycles. The predicted octanol–water partition coefficient (Wildman–Crippen LogP) is 4.67. The number of hydrogen-bond acceptors (Lipinski definition) is 3. The number of thiazole rings is 1. The van der Waals surface area contributed by atoms with E-state index in [9.17, 15) is 0 Å². The lowest BCUT2D eigenvalue weighted by atomic mass is 10.1. The van der Waals surface area contributed by atoms with Crippen molar-refractivity contribution in [3.63, 3.8) is 0 Å². The molecule has 3 heteroatoms. The Balaban J connectivity index is 2.46. The van der Waals surface area contributed by atoms with Gasteiger partial charge in [-0.15, -0.1) is 11.3 Å². The Kier molecular flexibility index (Phi) is 3.89. The Hall–Kier alpha value is -0.800. The molecule has 0 bridgehead atoms. The normalized spacial score (nSPS) is 11.1. The lowest BCUT2D eigenvalue weighted by Gasteiger charge is -2.01. The molecule has 0 fully saturated rings. The van der Waals surface area contributed by atoms with Crippen LogP contribution in [0.5, 0.6) is 0 Å². The third-order valence-corrected chi connectivity index (χ3v) is 4.33. The molecule has 0 aliphatic heterocycles. The molecule has 0 atom stereocenters. The summed E-state index contributed by atoms with van der Waals surface area (Å²) in [4.78, 5) is 6.05. The number of aromatic nitrogens is 1. The van der Waals surface area contributed by atoms with Gasteiger partial charge >= 0.3 is 0 Å². The topological polar surface area (TPSA) is 12.9 Å². The SMILES string of the molecule is Cc1cccc(-c2nc(C(C)C)c(CS)s2)c1. The number of benzene rings is 1. The van der Waals surface area contributed by atoms with Crippen LogP contribution >= 0.6 is 24.0 Å². The Morgan fingerprint density at radius 3 is 2.65 bits per heavy atom. The minimum absolute atomic E-state index is 0.465. The van der Waals surface area contributed by atoms with Gasteiger partial charge in [0.2, 0.25) is 0 Å². The summed E-state index contributed by atoms with van der Waals surface area (Å²) in [5.74, 6) is 1.24. The van der Waals surface area contributed by atoms with Crippen LogP contribution in [0, 0.1) is 6.92 Å². The maximum atomic E-state index is 4.76. The van der Waals surface area contributed by atoms with E-state index < -0.39 is 0 Å². The van der Waals surface area contributed by atoms with Crippen molar-refractivity contribution in [3.8, 4) is 10.6 Å². The first-order chi connectivity index (χ1) is 8.11. The Morgan fingerprint density at radius 1 is 1.35 bits per heavy atom. The monoisotopic (exact) mass is 263 g/mol. The first kappa shape index (κ1) is 12.7. The molecular formula is C14H17NS2.